The molecule has 0 fully saturated rings. The number of nitrogens with zero attached hydrogens (tertiary/aromatic N) is 1. The van der Waals surface area contributed by atoms with Crippen LogP contribution in [0, 0.1) is 0 Å². The molecule has 0 saturated heterocycles. The van der Waals surface area contributed by atoms with E-state index in [0.717, 1.165) is 11.3 Å². The van der Waals surface area contributed by atoms with Crippen molar-refractivity contribution >= 4 is 12.0 Å². The smallest absolute Gasteiger partial charge is 0.337 e. The molecule has 1 heterocycles. The summed E-state index contributed by atoms with van der Waals surface area (Å²) in [6.45, 7) is 4.22. The fraction of sp³-hybridized carbons (Fsp3) is 0.375. The number of benzene rings is 1. The third kappa shape index (κ3) is 2.90. The van der Waals surface area contributed by atoms with Crippen molar-refractivity contribution in [3.8, 4) is 5.75 Å². The number of carbonyl (C=O) groups is 2. The third-order valence-electron chi connectivity index (χ3n) is 3.68. The van der Waals surface area contributed by atoms with E-state index in [-0.39, 0.29) is 6.03 Å². The average Bonchev–Trinajstić information content (AvgIpc) is 2.52. The van der Waals surface area contributed by atoms with Crippen molar-refractivity contribution in [3.63, 3.8) is 0 Å². The topological polar surface area (TPSA) is 67.9 Å². The van der Waals surface area contributed by atoms with E-state index in [1.165, 1.54) is 12.0 Å². The van der Waals surface area contributed by atoms with Gasteiger partial charge in [-0.05, 0) is 31.5 Å². The summed E-state index contributed by atoms with van der Waals surface area (Å²) in [5.41, 5.74) is 1.80. The molecule has 1 atom stereocenters. The summed E-state index contributed by atoms with van der Waals surface area (Å²) in [5.74, 6) is 0.286. The van der Waals surface area contributed by atoms with Gasteiger partial charge < -0.3 is 19.7 Å². The lowest BCUT2D eigenvalue weighted by molar-refractivity contribution is -0.136. The fourth-order valence-corrected chi connectivity index (χ4v) is 2.38. The van der Waals surface area contributed by atoms with Crippen LogP contribution in [0.3, 0.4) is 0 Å². The van der Waals surface area contributed by atoms with Crippen molar-refractivity contribution in [3.05, 3.63) is 41.1 Å². The van der Waals surface area contributed by atoms with Crippen LogP contribution in [0.5, 0.6) is 5.75 Å². The van der Waals surface area contributed by atoms with Crippen LogP contribution in [0.2, 0.25) is 0 Å². The van der Waals surface area contributed by atoms with Gasteiger partial charge in [0, 0.05) is 12.7 Å². The molecule has 6 nitrogen and oxygen atoms in total. The number of hydrogen-bond donors (Lipinski definition) is 1. The van der Waals surface area contributed by atoms with E-state index < -0.39 is 12.0 Å². The summed E-state index contributed by atoms with van der Waals surface area (Å²) in [4.78, 5) is 25.5. The van der Waals surface area contributed by atoms with Crippen molar-refractivity contribution in [2.24, 2.45) is 0 Å². The Labute approximate surface area is 129 Å². The molecular formula is C16H20N2O4. The van der Waals surface area contributed by atoms with E-state index in [0.29, 0.717) is 17.9 Å². The molecular weight excluding hydrogens is 284 g/mol. The van der Waals surface area contributed by atoms with E-state index in [4.69, 9.17) is 9.47 Å². The Bertz CT molecular complexity index is 607. The highest BCUT2D eigenvalue weighted by atomic mass is 16.5. The molecule has 1 aliphatic heterocycles. The largest absolute Gasteiger partial charge is 0.494 e. The lowest BCUT2D eigenvalue weighted by Gasteiger charge is -2.33. The number of carbonyl (C=O) groups excluding carboxylic acids is 2. The fourth-order valence-electron chi connectivity index (χ4n) is 2.38. The van der Waals surface area contributed by atoms with Crippen LogP contribution in [-0.2, 0) is 9.53 Å². The first-order valence-corrected chi connectivity index (χ1v) is 7.05. The molecule has 1 aromatic rings. The van der Waals surface area contributed by atoms with Gasteiger partial charge in [-0.25, -0.2) is 9.59 Å². The van der Waals surface area contributed by atoms with Crippen LogP contribution in [-0.4, -0.2) is 37.7 Å². The summed E-state index contributed by atoms with van der Waals surface area (Å²) in [6, 6.07) is 6.49. The number of amides is 2. The third-order valence-corrected chi connectivity index (χ3v) is 3.68. The van der Waals surface area contributed by atoms with Gasteiger partial charge in [0.05, 0.1) is 25.3 Å². The van der Waals surface area contributed by atoms with Crippen molar-refractivity contribution in [1.29, 1.82) is 0 Å². The molecule has 6 heteroatoms. The minimum Gasteiger partial charge on any atom is -0.494 e. The Hall–Kier alpha value is -2.50. The van der Waals surface area contributed by atoms with Crippen LogP contribution in [0.25, 0.3) is 0 Å². The van der Waals surface area contributed by atoms with Gasteiger partial charge in [-0.3, -0.25) is 0 Å². The number of nitrogens with one attached hydrogen (secondary N) is 1. The Balaban J connectivity index is 2.42. The zero-order valence-corrected chi connectivity index (χ0v) is 13.2. The van der Waals surface area contributed by atoms with Crippen molar-refractivity contribution in [2.45, 2.75) is 19.9 Å². The number of allylic oxidation sites excluding steroid dienone is 1. The van der Waals surface area contributed by atoms with Gasteiger partial charge in [0.15, 0.2) is 0 Å². The first-order chi connectivity index (χ1) is 10.5. The van der Waals surface area contributed by atoms with E-state index in [9.17, 15) is 9.59 Å². The summed E-state index contributed by atoms with van der Waals surface area (Å²) in [6.07, 6.45) is 0. The second-order valence-electron chi connectivity index (χ2n) is 4.93. The van der Waals surface area contributed by atoms with E-state index in [1.807, 2.05) is 31.2 Å². The molecule has 0 spiro atoms. The molecule has 22 heavy (non-hydrogen) atoms. The standard InChI is InChI=1S/C16H20N2O4/c1-5-22-12-8-6-11(7-9-12)14-13(15(19)21-4)10(2)18(3)16(20)17-14/h6-9,14H,5H2,1-4H3,(H,17,20)/t14-/m0/s1. The normalized spacial score (nSPS) is 18.1. The zero-order chi connectivity index (χ0) is 16.3. The number of esters is 1. The van der Waals surface area contributed by atoms with Crippen LogP contribution >= 0.6 is 0 Å². The van der Waals surface area contributed by atoms with E-state index in [2.05, 4.69) is 5.32 Å². The van der Waals surface area contributed by atoms with Crippen LogP contribution < -0.4 is 10.1 Å². The highest BCUT2D eigenvalue weighted by Gasteiger charge is 2.34. The van der Waals surface area contributed by atoms with Gasteiger partial charge >= 0.3 is 12.0 Å². The minimum atomic E-state index is -0.535. The quantitative estimate of drug-likeness (QED) is 0.866. The molecule has 2 rings (SSSR count). The van der Waals surface area contributed by atoms with Gasteiger partial charge in [-0.15, -0.1) is 0 Å². The Kier molecular flexibility index (Phi) is 4.70. The summed E-state index contributed by atoms with van der Waals surface area (Å²) >= 11 is 0. The molecule has 0 radical (unpaired) electrons. The Morgan fingerprint density at radius 2 is 1.95 bits per heavy atom. The highest BCUT2D eigenvalue weighted by Crippen LogP contribution is 2.31. The van der Waals surface area contributed by atoms with E-state index in [1.54, 1.807) is 14.0 Å². The summed E-state index contributed by atoms with van der Waals surface area (Å²) in [7, 11) is 2.94. The number of rotatable bonds is 4. The zero-order valence-electron chi connectivity index (χ0n) is 13.2. The lowest BCUT2D eigenvalue weighted by atomic mass is 9.95. The van der Waals surface area contributed by atoms with Gasteiger partial charge in [-0.1, -0.05) is 12.1 Å². The van der Waals surface area contributed by atoms with E-state index >= 15 is 0 Å². The molecule has 0 aromatic heterocycles. The number of urea groups is 1. The molecule has 0 bridgehead atoms. The van der Waals surface area contributed by atoms with Crippen molar-refractivity contribution < 1.29 is 19.1 Å². The second-order valence-corrected chi connectivity index (χ2v) is 4.93. The van der Waals surface area contributed by atoms with Gasteiger partial charge in [-0.2, -0.15) is 0 Å². The SMILES string of the molecule is CCOc1ccc([C@@H]2NC(=O)N(C)C(C)=C2C(=O)OC)cc1. The maximum Gasteiger partial charge on any atom is 0.337 e. The summed E-state index contributed by atoms with van der Waals surface area (Å²) < 4.78 is 10.3. The molecule has 1 aliphatic rings. The van der Waals surface area contributed by atoms with Gasteiger partial charge in [0.25, 0.3) is 0 Å². The lowest BCUT2D eigenvalue weighted by Crippen LogP contribution is -2.46. The molecule has 1 N–H and O–H groups in total. The molecule has 1 aromatic carbocycles. The van der Waals surface area contributed by atoms with Crippen molar-refractivity contribution in [1.82, 2.24) is 10.2 Å². The minimum absolute atomic E-state index is 0.260. The molecule has 118 valence electrons. The molecule has 0 aliphatic carbocycles. The second kappa shape index (κ2) is 6.51. The van der Waals surface area contributed by atoms with Crippen LogP contribution in [0.4, 0.5) is 4.79 Å². The molecule has 0 unspecified atom stereocenters. The summed E-state index contributed by atoms with van der Waals surface area (Å²) in [5, 5.41) is 2.82. The maximum absolute atomic E-state index is 12.1. The predicted molar refractivity (Wildman–Crippen MR) is 81.4 cm³/mol. The van der Waals surface area contributed by atoms with Crippen LogP contribution in [0.1, 0.15) is 25.5 Å². The Morgan fingerprint density at radius 1 is 1.32 bits per heavy atom. The highest BCUT2D eigenvalue weighted by molar-refractivity contribution is 5.94. The first kappa shape index (κ1) is 15.9. The molecule has 2 amide bonds. The van der Waals surface area contributed by atoms with Crippen molar-refractivity contribution in [2.75, 3.05) is 20.8 Å². The van der Waals surface area contributed by atoms with Gasteiger partial charge in [0.1, 0.15) is 5.75 Å². The predicted octanol–water partition coefficient (Wildman–Crippen LogP) is 2.23. The van der Waals surface area contributed by atoms with Crippen LogP contribution in [0.15, 0.2) is 35.5 Å². The maximum atomic E-state index is 12.1. The molecule has 0 saturated carbocycles. The number of ether oxygens (including phenoxy) is 2. The monoisotopic (exact) mass is 304 g/mol. The number of hydrogen-bond acceptors (Lipinski definition) is 4. The number of methoxy groups -OCH3 is 1. The average molecular weight is 304 g/mol. The van der Waals surface area contributed by atoms with Gasteiger partial charge in [0.2, 0.25) is 0 Å². The Morgan fingerprint density at radius 3 is 2.50 bits per heavy atom. The first-order valence-electron chi connectivity index (χ1n) is 7.05.